The minimum Gasteiger partial charge on any atom is -0.480 e. The van der Waals surface area contributed by atoms with Gasteiger partial charge in [-0.2, -0.15) is 13.2 Å². The molecule has 0 bridgehead atoms. The number of nitrogens with two attached hydrogens (primary N) is 1. The fourth-order valence-electron chi connectivity index (χ4n) is 1.02. The van der Waals surface area contributed by atoms with Gasteiger partial charge in [0.25, 0.3) is 0 Å². The first kappa shape index (κ1) is 13.2. The molecular weight excluding hydrogens is 287 g/mol. The molecule has 2 N–H and O–H groups in total. The summed E-state index contributed by atoms with van der Waals surface area (Å²) in [6.45, 7) is 2.66. The largest absolute Gasteiger partial charge is 0.480 e. The molecule has 2 nitrogen and oxygen atoms in total. The molecule has 0 fully saturated rings. The van der Waals surface area contributed by atoms with Gasteiger partial charge in [-0.15, -0.1) is 0 Å². The topological polar surface area (TPSA) is 35.2 Å². The second kappa shape index (κ2) is 4.53. The summed E-state index contributed by atoms with van der Waals surface area (Å²) in [4.78, 5) is 0. The molecule has 1 atom stereocenters. The normalized spacial score (nSPS) is 13.6. The average molecular weight is 298 g/mol. The Hall–Kier alpha value is -0.910. The van der Waals surface area contributed by atoms with E-state index in [1.54, 1.807) is 6.92 Å². The highest BCUT2D eigenvalue weighted by Gasteiger charge is 2.38. The number of hydrogen-bond acceptors (Lipinski definition) is 2. The predicted octanol–water partition coefficient (Wildman–Crippen LogP) is 3.67. The molecule has 0 aliphatic heterocycles. The van der Waals surface area contributed by atoms with Gasteiger partial charge in [-0.1, -0.05) is 0 Å². The van der Waals surface area contributed by atoms with Crippen LogP contribution in [0.25, 0.3) is 0 Å². The molecule has 0 saturated heterocycles. The van der Waals surface area contributed by atoms with Crippen molar-refractivity contribution in [2.24, 2.45) is 0 Å². The number of benzene rings is 1. The fraction of sp³-hybridized carbons (Fsp3) is 0.400. The lowest BCUT2D eigenvalue weighted by Gasteiger charge is -2.19. The van der Waals surface area contributed by atoms with E-state index in [9.17, 15) is 13.2 Å². The van der Waals surface area contributed by atoms with Gasteiger partial charge in [0.05, 0.1) is 4.47 Å². The highest BCUT2D eigenvalue weighted by atomic mass is 79.9. The minimum absolute atomic E-state index is 0.136. The first-order chi connectivity index (χ1) is 7.21. The van der Waals surface area contributed by atoms with Gasteiger partial charge in [0, 0.05) is 5.69 Å². The molecule has 0 aromatic heterocycles. The van der Waals surface area contributed by atoms with Crippen LogP contribution in [0, 0.1) is 6.92 Å². The van der Waals surface area contributed by atoms with Crippen molar-refractivity contribution in [1.82, 2.24) is 0 Å². The number of ether oxygens (including phenoxy) is 1. The van der Waals surface area contributed by atoms with E-state index in [0.717, 1.165) is 6.92 Å². The standard InChI is InChI=1S/C10H11BrF3NO/c1-5-3-9(7(11)4-8(5)15)16-6(2)10(12,13)14/h3-4,6H,15H2,1-2H3. The predicted molar refractivity (Wildman–Crippen MR) is 59.4 cm³/mol. The molecule has 0 saturated carbocycles. The smallest absolute Gasteiger partial charge is 0.425 e. The third-order valence-electron chi connectivity index (χ3n) is 2.09. The number of anilines is 1. The molecule has 16 heavy (non-hydrogen) atoms. The summed E-state index contributed by atoms with van der Waals surface area (Å²) in [5.41, 5.74) is 6.77. The third-order valence-corrected chi connectivity index (χ3v) is 2.70. The monoisotopic (exact) mass is 297 g/mol. The molecule has 1 aromatic rings. The van der Waals surface area contributed by atoms with Crippen LogP contribution in [0.4, 0.5) is 18.9 Å². The van der Waals surface area contributed by atoms with Crippen molar-refractivity contribution in [3.05, 3.63) is 22.2 Å². The molecule has 0 amide bonds. The summed E-state index contributed by atoms with van der Waals surface area (Å²) in [5.74, 6) is 0.136. The van der Waals surface area contributed by atoms with Crippen LogP contribution in [-0.2, 0) is 0 Å². The molecule has 90 valence electrons. The number of rotatable bonds is 2. The van der Waals surface area contributed by atoms with Gasteiger partial charge in [0.2, 0.25) is 0 Å². The van der Waals surface area contributed by atoms with Gasteiger partial charge >= 0.3 is 6.18 Å². The maximum atomic E-state index is 12.3. The lowest BCUT2D eigenvalue weighted by atomic mass is 10.2. The van der Waals surface area contributed by atoms with E-state index in [-0.39, 0.29) is 5.75 Å². The number of alkyl halides is 3. The second-order valence-corrected chi connectivity index (χ2v) is 4.30. The number of aryl methyl sites for hydroxylation is 1. The van der Waals surface area contributed by atoms with Gasteiger partial charge in [0.15, 0.2) is 6.10 Å². The first-order valence-electron chi connectivity index (χ1n) is 4.51. The van der Waals surface area contributed by atoms with Crippen LogP contribution in [-0.4, -0.2) is 12.3 Å². The van der Waals surface area contributed by atoms with Crippen LogP contribution >= 0.6 is 15.9 Å². The van der Waals surface area contributed by atoms with Crippen molar-refractivity contribution < 1.29 is 17.9 Å². The Bertz CT molecular complexity index is 392. The molecule has 0 radical (unpaired) electrons. The van der Waals surface area contributed by atoms with Crippen molar-refractivity contribution in [3.8, 4) is 5.75 Å². The Morgan fingerprint density at radius 2 is 1.94 bits per heavy atom. The molecule has 0 spiro atoms. The fourth-order valence-corrected chi connectivity index (χ4v) is 1.47. The van der Waals surface area contributed by atoms with Crippen molar-refractivity contribution in [3.63, 3.8) is 0 Å². The van der Waals surface area contributed by atoms with E-state index in [1.807, 2.05) is 0 Å². The first-order valence-corrected chi connectivity index (χ1v) is 5.30. The third kappa shape index (κ3) is 3.04. The zero-order valence-electron chi connectivity index (χ0n) is 8.73. The van der Waals surface area contributed by atoms with Crippen molar-refractivity contribution >= 4 is 21.6 Å². The van der Waals surface area contributed by atoms with Crippen LogP contribution in [0.5, 0.6) is 5.75 Å². The lowest BCUT2D eigenvalue weighted by Crippen LogP contribution is -2.31. The lowest BCUT2D eigenvalue weighted by molar-refractivity contribution is -0.189. The van der Waals surface area contributed by atoms with Crippen LogP contribution in [0.15, 0.2) is 16.6 Å². The van der Waals surface area contributed by atoms with Crippen LogP contribution in [0.2, 0.25) is 0 Å². The molecule has 1 rings (SSSR count). The highest BCUT2D eigenvalue weighted by Crippen LogP contribution is 2.33. The van der Waals surface area contributed by atoms with Gasteiger partial charge in [-0.25, -0.2) is 0 Å². The molecule has 0 heterocycles. The summed E-state index contributed by atoms with van der Waals surface area (Å²) in [6, 6.07) is 3.00. The number of hydrogen-bond donors (Lipinski definition) is 1. The Morgan fingerprint density at radius 1 is 1.38 bits per heavy atom. The zero-order chi connectivity index (χ0) is 12.5. The van der Waals surface area contributed by atoms with E-state index in [2.05, 4.69) is 15.9 Å². The van der Waals surface area contributed by atoms with Gasteiger partial charge in [-0.3, -0.25) is 0 Å². The summed E-state index contributed by atoms with van der Waals surface area (Å²) < 4.78 is 42.1. The maximum absolute atomic E-state index is 12.3. The minimum atomic E-state index is -4.38. The van der Waals surface area contributed by atoms with Gasteiger partial charge in [0.1, 0.15) is 5.75 Å². The van der Waals surface area contributed by atoms with E-state index >= 15 is 0 Å². The SMILES string of the molecule is Cc1cc(OC(C)C(F)(F)F)c(Br)cc1N. The molecular formula is C10H11BrF3NO. The maximum Gasteiger partial charge on any atom is 0.425 e. The van der Waals surface area contributed by atoms with Crippen molar-refractivity contribution in [2.45, 2.75) is 26.1 Å². The van der Waals surface area contributed by atoms with E-state index in [4.69, 9.17) is 10.5 Å². The van der Waals surface area contributed by atoms with E-state index < -0.39 is 12.3 Å². The van der Waals surface area contributed by atoms with Crippen LogP contribution in [0.3, 0.4) is 0 Å². The Balaban J connectivity index is 2.94. The van der Waals surface area contributed by atoms with E-state index in [1.165, 1.54) is 12.1 Å². The Morgan fingerprint density at radius 3 is 2.44 bits per heavy atom. The molecule has 1 aromatic carbocycles. The molecule has 0 aliphatic rings. The molecule has 0 aliphatic carbocycles. The highest BCUT2D eigenvalue weighted by molar-refractivity contribution is 9.10. The summed E-state index contributed by atoms with van der Waals surface area (Å²) in [6.07, 6.45) is -6.24. The van der Waals surface area contributed by atoms with Crippen molar-refractivity contribution in [1.29, 1.82) is 0 Å². The number of nitrogen functional groups attached to an aromatic ring is 1. The van der Waals surface area contributed by atoms with Crippen LogP contribution in [0.1, 0.15) is 12.5 Å². The van der Waals surface area contributed by atoms with Gasteiger partial charge < -0.3 is 10.5 Å². The summed E-state index contributed by atoms with van der Waals surface area (Å²) in [5, 5.41) is 0. The summed E-state index contributed by atoms with van der Waals surface area (Å²) >= 11 is 3.10. The Labute approximate surface area is 99.7 Å². The van der Waals surface area contributed by atoms with Crippen molar-refractivity contribution in [2.75, 3.05) is 5.73 Å². The van der Waals surface area contributed by atoms with Crippen LogP contribution < -0.4 is 10.5 Å². The molecule has 1 unspecified atom stereocenters. The Kier molecular flexibility index (Phi) is 3.72. The zero-order valence-corrected chi connectivity index (χ0v) is 10.3. The quantitative estimate of drug-likeness (QED) is 0.846. The second-order valence-electron chi connectivity index (χ2n) is 3.44. The summed E-state index contributed by atoms with van der Waals surface area (Å²) in [7, 11) is 0. The molecule has 6 heteroatoms. The number of halogens is 4. The van der Waals surface area contributed by atoms with E-state index in [0.29, 0.717) is 15.7 Å². The van der Waals surface area contributed by atoms with Gasteiger partial charge in [-0.05, 0) is 47.5 Å². The average Bonchev–Trinajstić information content (AvgIpc) is 2.12.